The Balaban J connectivity index is 2.21. The molecule has 7 nitrogen and oxygen atoms in total. The molecule has 1 aliphatic heterocycles. The Kier molecular flexibility index (Phi) is 4.89. The summed E-state index contributed by atoms with van der Waals surface area (Å²) in [6, 6.07) is -0.533. The van der Waals surface area contributed by atoms with E-state index in [0.29, 0.717) is 19.4 Å². The average Bonchev–Trinajstić information content (AvgIpc) is 2.56. The van der Waals surface area contributed by atoms with Crippen LogP contribution in [-0.2, 0) is 9.59 Å². The summed E-state index contributed by atoms with van der Waals surface area (Å²) in [5.74, 6) is -0.768. The lowest BCUT2D eigenvalue weighted by Gasteiger charge is -2.12. The van der Waals surface area contributed by atoms with Crippen molar-refractivity contribution < 1.29 is 19.5 Å². The molecule has 1 fully saturated rings. The van der Waals surface area contributed by atoms with E-state index in [4.69, 9.17) is 5.11 Å². The smallest absolute Gasteiger partial charge is 0.325 e. The predicted octanol–water partition coefficient (Wildman–Crippen LogP) is -1.18. The van der Waals surface area contributed by atoms with E-state index in [9.17, 15) is 14.4 Å². The Labute approximate surface area is 99.2 Å². The summed E-state index contributed by atoms with van der Waals surface area (Å²) in [4.78, 5) is 34.6. The van der Waals surface area contributed by atoms with Crippen molar-refractivity contribution in [2.45, 2.75) is 25.9 Å². The van der Waals surface area contributed by atoms with Crippen molar-refractivity contribution in [3.05, 3.63) is 0 Å². The summed E-state index contributed by atoms with van der Waals surface area (Å²) in [6.07, 6.45) is 0.866. The Morgan fingerprint density at radius 3 is 2.82 bits per heavy atom. The number of nitrogens with zero attached hydrogens (tertiary/aromatic N) is 1. The molecule has 1 heterocycles. The van der Waals surface area contributed by atoms with Gasteiger partial charge in [0.25, 0.3) is 5.91 Å². The topological polar surface area (TPSA) is 98.7 Å². The standard InChI is InChI=1S/C10H17N3O4/c1-7(14)3-2-4-11-8(15)6-13-9(16)5-12-10(13)17/h7,14H,2-6H2,1H3,(H,11,15)(H,12,17). The third-order valence-electron chi connectivity index (χ3n) is 2.36. The summed E-state index contributed by atoms with van der Waals surface area (Å²) in [7, 11) is 0. The van der Waals surface area contributed by atoms with Crippen molar-refractivity contribution in [2.75, 3.05) is 19.6 Å². The van der Waals surface area contributed by atoms with Crippen LogP contribution < -0.4 is 10.6 Å². The normalized spacial score (nSPS) is 16.9. The van der Waals surface area contributed by atoms with Gasteiger partial charge in [-0.1, -0.05) is 0 Å². The molecule has 0 spiro atoms. The minimum absolute atomic E-state index is 0.0475. The van der Waals surface area contributed by atoms with Gasteiger partial charge in [0.2, 0.25) is 5.91 Å². The molecule has 0 aromatic carbocycles. The highest BCUT2D eigenvalue weighted by molar-refractivity contribution is 6.04. The molecule has 1 unspecified atom stereocenters. The van der Waals surface area contributed by atoms with Gasteiger partial charge >= 0.3 is 6.03 Å². The van der Waals surface area contributed by atoms with E-state index in [1.54, 1.807) is 6.92 Å². The van der Waals surface area contributed by atoms with Gasteiger partial charge in [-0.15, -0.1) is 0 Å². The summed E-state index contributed by atoms with van der Waals surface area (Å²) in [5, 5.41) is 13.9. The third-order valence-corrected chi connectivity index (χ3v) is 2.36. The summed E-state index contributed by atoms with van der Waals surface area (Å²) >= 11 is 0. The zero-order chi connectivity index (χ0) is 12.8. The van der Waals surface area contributed by atoms with Crippen LogP contribution in [0, 0.1) is 0 Å². The third kappa shape index (κ3) is 4.39. The van der Waals surface area contributed by atoms with Crippen molar-refractivity contribution in [3.8, 4) is 0 Å². The van der Waals surface area contributed by atoms with E-state index < -0.39 is 18.0 Å². The van der Waals surface area contributed by atoms with Crippen LogP contribution in [0.1, 0.15) is 19.8 Å². The van der Waals surface area contributed by atoms with Gasteiger partial charge in [0, 0.05) is 6.54 Å². The van der Waals surface area contributed by atoms with Crippen molar-refractivity contribution in [1.29, 1.82) is 0 Å². The highest BCUT2D eigenvalue weighted by Crippen LogP contribution is 1.98. The van der Waals surface area contributed by atoms with Gasteiger partial charge in [0.15, 0.2) is 0 Å². The molecule has 1 saturated heterocycles. The number of carbonyl (C=O) groups is 3. The lowest BCUT2D eigenvalue weighted by molar-refractivity contribution is -0.130. The van der Waals surface area contributed by atoms with E-state index in [0.717, 1.165) is 4.90 Å². The Hall–Kier alpha value is -1.63. The van der Waals surface area contributed by atoms with Crippen LogP contribution in [0.5, 0.6) is 0 Å². The van der Waals surface area contributed by atoms with Crippen LogP contribution in [0.15, 0.2) is 0 Å². The number of carbonyl (C=O) groups excluding carboxylic acids is 3. The fourth-order valence-electron chi connectivity index (χ4n) is 1.44. The molecule has 3 N–H and O–H groups in total. The Bertz CT molecular complexity index is 301. The first-order valence-corrected chi connectivity index (χ1v) is 5.53. The lowest BCUT2D eigenvalue weighted by Crippen LogP contribution is -2.41. The second-order valence-electron chi connectivity index (χ2n) is 3.98. The number of aliphatic hydroxyl groups is 1. The molecular formula is C10H17N3O4. The maximum absolute atomic E-state index is 11.4. The van der Waals surface area contributed by atoms with Crippen molar-refractivity contribution in [2.24, 2.45) is 0 Å². The fourth-order valence-corrected chi connectivity index (χ4v) is 1.44. The second kappa shape index (κ2) is 6.19. The highest BCUT2D eigenvalue weighted by atomic mass is 16.3. The summed E-state index contributed by atoms with van der Waals surface area (Å²) in [6.45, 7) is 1.80. The zero-order valence-electron chi connectivity index (χ0n) is 9.73. The number of urea groups is 1. The van der Waals surface area contributed by atoms with Crippen LogP contribution in [0.4, 0.5) is 4.79 Å². The largest absolute Gasteiger partial charge is 0.393 e. The van der Waals surface area contributed by atoms with Crippen LogP contribution in [-0.4, -0.2) is 53.6 Å². The molecule has 0 radical (unpaired) electrons. The summed E-state index contributed by atoms with van der Waals surface area (Å²) < 4.78 is 0. The van der Waals surface area contributed by atoms with E-state index in [1.165, 1.54) is 0 Å². The Morgan fingerprint density at radius 2 is 2.29 bits per heavy atom. The first-order valence-electron chi connectivity index (χ1n) is 5.53. The van der Waals surface area contributed by atoms with Gasteiger partial charge in [0.05, 0.1) is 12.6 Å². The molecule has 1 atom stereocenters. The minimum atomic E-state index is -0.533. The first kappa shape index (κ1) is 13.4. The molecule has 96 valence electrons. The molecule has 1 rings (SSSR count). The van der Waals surface area contributed by atoms with Crippen molar-refractivity contribution >= 4 is 17.8 Å². The monoisotopic (exact) mass is 243 g/mol. The van der Waals surface area contributed by atoms with E-state index in [-0.39, 0.29) is 19.0 Å². The number of nitrogens with one attached hydrogen (secondary N) is 2. The maximum Gasteiger partial charge on any atom is 0.325 e. The average molecular weight is 243 g/mol. The summed E-state index contributed by atoms with van der Waals surface area (Å²) in [5.41, 5.74) is 0. The van der Waals surface area contributed by atoms with Crippen molar-refractivity contribution in [1.82, 2.24) is 15.5 Å². The minimum Gasteiger partial charge on any atom is -0.393 e. The molecule has 1 aliphatic rings. The lowest BCUT2D eigenvalue weighted by atomic mass is 10.2. The van der Waals surface area contributed by atoms with Gasteiger partial charge < -0.3 is 15.7 Å². The molecule has 4 amide bonds. The number of rotatable bonds is 6. The number of hydrogen-bond donors (Lipinski definition) is 3. The van der Waals surface area contributed by atoms with Crippen LogP contribution >= 0.6 is 0 Å². The second-order valence-corrected chi connectivity index (χ2v) is 3.98. The molecule has 0 aromatic rings. The molecule has 7 heteroatoms. The van der Waals surface area contributed by atoms with Crippen LogP contribution in [0.2, 0.25) is 0 Å². The molecule has 0 bridgehead atoms. The van der Waals surface area contributed by atoms with E-state index >= 15 is 0 Å². The maximum atomic E-state index is 11.4. The van der Waals surface area contributed by atoms with Gasteiger partial charge in [0.1, 0.15) is 6.54 Å². The Morgan fingerprint density at radius 1 is 1.59 bits per heavy atom. The van der Waals surface area contributed by atoms with E-state index in [2.05, 4.69) is 10.6 Å². The van der Waals surface area contributed by atoms with Gasteiger partial charge in [-0.3, -0.25) is 14.5 Å². The number of imide groups is 1. The molecule has 0 aromatic heterocycles. The fraction of sp³-hybridized carbons (Fsp3) is 0.700. The number of hydrogen-bond acceptors (Lipinski definition) is 4. The first-order chi connectivity index (χ1) is 8.00. The van der Waals surface area contributed by atoms with Crippen molar-refractivity contribution in [3.63, 3.8) is 0 Å². The number of amides is 4. The predicted molar refractivity (Wildman–Crippen MR) is 59.0 cm³/mol. The molecule has 0 saturated carbocycles. The van der Waals surface area contributed by atoms with Gasteiger partial charge in [-0.25, -0.2) is 4.79 Å². The number of aliphatic hydroxyl groups excluding tert-OH is 1. The van der Waals surface area contributed by atoms with Crippen LogP contribution in [0.25, 0.3) is 0 Å². The van der Waals surface area contributed by atoms with Gasteiger partial charge in [-0.05, 0) is 19.8 Å². The molecule has 0 aliphatic carbocycles. The quantitative estimate of drug-likeness (QED) is 0.404. The van der Waals surface area contributed by atoms with Gasteiger partial charge in [-0.2, -0.15) is 0 Å². The molecule has 17 heavy (non-hydrogen) atoms. The van der Waals surface area contributed by atoms with Crippen LogP contribution in [0.3, 0.4) is 0 Å². The zero-order valence-corrected chi connectivity index (χ0v) is 9.73. The van der Waals surface area contributed by atoms with E-state index in [1.807, 2.05) is 0 Å². The SMILES string of the molecule is CC(O)CCCNC(=O)CN1C(=O)CNC1=O. The molecular weight excluding hydrogens is 226 g/mol. The highest BCUT2D eigenvalue weighted by Gasteiger charge is 2.29.